The van der Waals surface area contributed by atoms with Gasteiger partial charge in [-0.15, -0.1) is 0 Å². The van der Waals surface area contributed by atoms with Gasteiger partial charge in [-0.1, -0.05) is 6.07 Å². The lowest BCUT2D eigenvalue weighted by Gasteiger charge is -2.26. The van der Waals surface area contributed by atoms with Crippen molar-refractivity contribution < 1.29 is 18.7 Å². The van der Waals surface area contributed by atoms with Gasteiger partial charge in [0.1, 0.15) is 34.5 Å². The maximum absolute atomic E-state index is 13.0. The van der Waals surface area contributed by atoms with Crippen LogP contribution in [0.4, 0.5) is 0 Å². The molecule has 1 amide bonds. The van der Waals surface area contributed by atoms with E-state index in [0.29, 0.717) is 58.5 Å². The molecule has 4 aromatic rings. The van der Waals surface area contributed by atoms with Crippen LogP contribution < -0.4 is 4.74 Å². The number of carbonyl (C=O) groups excluding carboxylic acids is 1. The number of ether oxygens (including phenoxy) is 2. The van der Waals surface area contributed by atoms with Gasteiger partial charge in [0, 0.05) is 56.4 Å². The fraction of sp³-hybridized carbons (Fsp3) is 0.367. The number of rotatable bonds is 5. The maximum atomic E-state index is 13.0. The predicted octanol–water partition coefficient (Wildman–Crippen LogP) is 5.35. The van der Waals surface area contributed by atoms with Crippen molar-refractivity contribution >= 4 is 17.0 Å². The summed E-state index contributed by atoms with van der Waals surface area (Å²) in [6.45, 7) is 2.90. The van der Waals surface area contributed by atoms with Gasteiger partial charge in [0.05, 0.1) is 18.4 Å². The van der Waals surface area contributed by atoms with Crippen molar-refractivity contribution in [2.75, 3.05) is 33.4 Å². The summed E-state index contributed by atoms with van der Waals surface area (Å²) in [7, 11) is 1.56. The fourth-order valence-corrected chi connectivity index (χ4v) is 5.49. The molecule has 9 heteroatoms. The lowest BCUT2D eigenvalue weighted by atomic mass is 9.90. The van der Waals surface area contributed by atoms with Crippen LogP contribution in [-0.2, 0) is 4.74 Å². The second-order valence-electron chi connectivity index (χ2n) is 9.94. The molecular weight excluding hydrogens is 494 g/mol. The molecule has 0 atom stereocenters. The Kier molecular flexibility index (Phi) is 6.95. The van der Waals surface area contributed by atoms with E-state index >= 15 is 0 Å². The summed E-state index contributed by atoms with van der Waals surface area (Å²) in [5, 5.41) is 9.86. The van der Waals surface area contributed by atoms with E-state index in [1.807, 2.05) is 29.2 Å². The Bertz CT molecular complexity index is 1560. The van der Waals surface area contributed by atoms with E-state index < -0.39 is 0 Å². The largest absolute Gasteiger partial charge is 0.496 e. The number of methoxy groups -OCH3 is 1. The SMILES string of the molecule is COc1cc(C(=O)N2CCCCC2)ncc1-c1cc2nccc(-c3ccc(C4CCOCC4)c(C#N)n3)c2o1. The van der Waals surface area contributed by atoms with E-state index in [0.717, 1.165) is 56.3 Å². The van der Waals surface area contributed by atoms with E-state index in [1.54, 1.807) is 25.6 Å². The quantitative estimate of drug-likeness (QED) is 0.344. The molecule has 9 nitrogen and oxygen atoms in total. The Morgan fingerprint density at radius 1 is 1.08 bits per heavy atom. The second kappa shape index (κ2) is 10.8. The topological polar surface area (TPSA) is 114 Å². The predicted molar refractivity (Wildman–Crippen MR) is 144 cm³/mol. The number of pyridine rings is 3. The molecule has 0 radical (unpaired) electrons. The highest BCUT2D eigenvalue weighted by molar-refractivity contribution is 5.94. The molecule has 6 heterocycles. The summed E-state index contributed by atoms with van der Waals surface area (Å²) in [4.78, 5) is 28.5. The standard InChI is InChI=1S/C30H29N5O4/c1-37-27-16-25(30(36)35-11-3-2-4-12-35)33-18-22(27)28-15-24-29(39-28)21(7-10-32-24)23-6-5-20(26(17-31)34-23)19-8-13-38-14-9-19/h5-7,10,15-16,18-19H,2-4,8-9,11-14H2,1H3. The Morgan fingerprint density at radius 3 is 2.67 bits per heavy atom. The minimum absolute atomic E-state index is 0.0864. The Morgan fingerprint density at radius 2 is 1.90 bits per heavy atom. The van der Waals surface area contributed by atoms with Crippen LogP contribution in [-0.4, -0.2) is 59.2 Å². The highest BCUT2D eigenvalue weighted by atomic mass is 16.5. The number of likely N-dealkylation sites (tertiary alicyclic amines) is 1. The van der Waals surface area contributed by atoms with Crippen LogP contribution in [0.3, 0.4) is 0 Å². The van der Waals surface area contributed by atoms with Crippen molar-refractivity contribution in [2.45, 2.75) is 38.0 Å². The van der Waals surface area contributed by atoms with Gasteiger partial charge in [-0.25, -0.2) is 4.98 Å². The number of aromatic nitrogens is 3. The van der Waals surface area contributed by atoms with Gasteiger partial charge >= 0.3 is 0 Å². The number of hydrogen-bond acceptors (Lipinski definition) is 8. The molecule has 6 rings (SSSR count). The van der Waals surface area contributed by atoms with Crippen molar-refractivity contribution in [3.05, 3.63) is 59.7 Å². The normalized spacial score (nSPS) is 16.3. The number of fused-ring (bicyclic) bond motifs is 1. The average Bonchev–Trinajstić information content (AvgIpc) is 3.45. The van der Waals surface area contributed by atoms with E-state index in [9.17, 15) is 10.1 Å². The van der Waals surface area contributed by atoms with Gasteiger partial charge in [-0.3, -0.25) is 14.8 Å². The van der Waals surface area contributed by atoms with Gasteiger partial charge in [0.2, 0.25) is 0 Å². The van der Waals surface area contributed by atoms with E-state index in [2.05, 4.69) is 16.0 Å². The molecule has 0 aliphatic carbocycles. The van der Waals surface area contributed by atoms with Crippen LogP contribution in [0, 0.1) is 11.3 Å². The van der Waals surface area contributed by atoms with Crippen LogP contribution in [0.2, 0.25) is 0 Å². The zero-order chi connectivity index (χ0) is 26.8. The molecule has 4 aromatic heterocycles. The molecular formula is C30H29N5O4. The van der Waals surface area contributed by atoms with Gasteiger partial charge in [0.25, 0.3) is 5.91 Å². The van der Waals surface area contributed by atoms with Crippen LogP contribution in [0.25, 0.3) is 33.7 Å². The Balaban J connectivity index is 1.35. The minimum Gasteiger partial charge on any atom is -0.496 e. The molecule has 0 saturated carbocycles. The van der Waals surface area contributed by atoms with Gasteiger partial charge in [-0.05, 0) is 55.7 Å². The van der Waals surface area contributed by atoms with E-state index in [1.165, 1.54) is 0 Å². The van der Waals surface area contributed by atoms with Gasteiger partial charge < -0.3 is 18.8 Å². The lowest BCUT2D eigenvalue weighted by molar-refractivity contribution is 0.0718. The molecule has 0 aromatic carbocycles. The number of piperidine rings is 1. The molecule has 2 saturated heterocycles. The molecule has 198 valence electrons. The zero-order valence-corrected chi connectivity index (χ0v) is 21.9. The van der Waals surface area contributed by atoms with Crippen LogP contribution >= 0.6 is 0 Å². The number of furan rings is 1. The van der Waals surface area contributed by atoms with Crippen LogP contribution in [0.5, 0.6) is 5.75 Å². The maximum Gasteiger partial charge on any atom is 0.272 e. The number of nitrogens with zero attached hydrogens (tertiary/aromatic N) is 5. The summed E-state index contributed by atoms with van der Waals surface area (Å²) in [5.74, 6) is 1.20. The third kappa shape index (κ3) is 4.84. The summed E-state index contributed by atoms with van der Waals surface area (Å²) in [6, 6.07) is 11.5. The summed E-state index contributed by atoms with van der Waals surface area (Å²) < 4.78 is 17.4. The first-order valence-corrected chi connectivity index (χ1v) is 13.4. The summed E-state index contributed by atoms with van der Waals surface area (Å²) in [6.07, 6.45) is 8.25. The molecule has 2 aliphatic heterocycles. The number of hydrogen-bond donors (Lipinski definition) is 0. The first kappa shape index (κ1) is 25.0. The zero-order valence-electron chi connectivity index (χ0n) is 21.9. The Labute approximate surface area is 226 Å². The van der Waals surface area contributed by atoms with Gasteiger partial charge in [0.15, 0.2) is 5.58 Å². The fourth-order valence-electron chi connectivity index (χ4n) is 5.49. The molecule has 2 aliphatic rings. The number of nitriles is 1. The van der Waals surface area contributed by atoms with Crippen molar-refractivity contribution in [1.82, 2.24) is 19.9 Å². The number of amides is 1. The highest BCUT2D eigenvalue weighted by Gasteiger charge is 2.24. The highest BCUT2D eigenvalue weighted by Crippen LogP contribution is 2.38. The monoisotopic (exact) mass is 523 g/mol. The lowest BCUT2D eigenvalue weighted by Crippen LogP contribution is -2.36. The molecule has 39 heavy (non-hydrogen) atoms. The average molecular weight is 524 g/mol. The Hall–Kier alpha value is -4.29. The molecule has 2 fully saturated rings. The molecule has 0 bridgehead atoms. The third-order valence-electron chi connectivity index (χ3n) is 7.60. The first-order chi connectivity index (χ1) is 19.2. The van der Waals surface area contributed by atoms with Crippen molar-refractivity contribution in [2.24, 2.45) is 0 Å². The smallest absolute Gasteiger partial charge is 0.272 e. The summed E-state index contributed by atoms with van der Waals surface area (Å²) in [5.41, 5.74) is 4.95. The molecule has 0 N–H and O–H groups in total. The van der Waals surface area contributed by atoms with Crippen molar-refractivity contribution in [3.8, 4) is 34.4 Å². The third-order valence-corrected chi connectivity index (χ3v) is 7.60. The summed E-state index contributed by atoms with van der Waals surface area (Å²) >= 11 is 0. The second-order valence-corrected chi connectivity index (χ2v) is 9.94. The molecule has 0 unspecified atom stereocenters. The first-order valence-electron chi connectivity index (χ1n) is 13.4. The number of carbonyl (C=O) groups is 1. The van der Waals surface area contributed by atoms with E-state index in [-0.39, 0.29) is 11.8 Å². The van der Waals surface area contributed by atoms with Crippen molar-refractivity contribution in [1.29, 1.82) is 5.26 Å². The van der Waals surface area contributed by atoms with Crippen LogP contribution in [0.15, 0.2) is 47.1 Å². The van der Waals surface area contributed by atoms with E-state index in [4.69, 9.17) is 18.9 Å². The molecule has 0 spiro atoms. The van der Waals surface area contributed by atoms with Crippen LogP contribution in [0.1, 0.15) is 59.8 Å². The minimum atomic E-state index is -0.0864. The van der Waals surface area contributed by atoms with Crippen molar-refractivity contribution in [3.63, 3.8) is 0 Å². The van der Waals surface area contributed by atoms with Gasteiger partial charge in [-0.2, -0.15) is 5.26 Å².